The predicted molar refractivity (Wildman–Crippen MR) is 105 cm³/mol. The van der Waals surface area contributed by atoms with Crippen LogP contribution in [-0.4, -0.2) is 28.6 Å². The number of nitrogens with one attached hydrogen (secondary N) is 1. The second kappa shape index (κ2) is 8.28. The third-order valence-electron chi connectivity index (χ3n) is 3.21. The van der Waals surface area contributed by atoms with Gasteiger partial charge in [0.25, 0.3) is 0 Å². The fourth-order valence-corrected chi connectivity index (χ4v) is 4.24. The zero-order valence-electron chi connectivity index (χ0n) is 13.3. The van der Waals surface area contributed by atoms with Gasteiger partial charge in [-0.05, 0) is 36.5 Å². The van der Waals surface area contributed by atoms with Gasteiger partial charge in [0, 0.05) is 11.8 Å². The van der Waals surface area contributed by atoms with E-state index in [1.807, 2.05) is 48.5 Å². The molecule has 5 nitrogen and oxygen atoms in total. The second-order valence-corrected chi connectivity index (χ2v) is 7.80. The summed E-state index contributed by atoms with van der Waals surface area (Å²) >= 11 is 8.12. The van der Waals surface area contributed by atoms with Crippen molar-refractivity contribution in [3.8, 4) is 11.4 Å². The van der Waals surface area contributed by atoms with E-state index in [-0.39, 0.29) is 11.7 Å². The van der Waals surface area contributed by atoms with Crippen molar-refractivity contribution in [1.29, 1.82) is 0 Å². The first-order valence-corrected chi connectivity index (χ1v) is 9.59. The summed E-state index contributed by atoms with van der Waals surface area (Å²) < 4.78 is 8.27. The van der Waals surface area contributed by atoms with Crippen molar-refractivity contribution in [2.45, 2.75) is 4.34 Å². The van der Waals surface area contributed by atoms with Crippen molar-refractivity contribution in [3.63, 3.8) is 0 Å². The van der Waals surface area contributed by atoms with Gasteiger partial charge in [0.05, 0.1) is 18.6 Å². The molecule has 2 aromatic carbocycles. The molecular weight excluding hydrogens is 374 g/mol. The van der Waals surface area contributed by atoms with E-state index in [2.05, 4.69) is 10.4 Å². The number of amides is 1. The molecule has 0 bridgehead atoms. The number of benzene rings is 2. The van der Waals surface area contributed by atoms with Gasteiger partial charge in [-0.3, -0.25) is 4.79 Å². The molecule has 8 heteroatoms. The molecule has 3 rings (SSSR count). The molecule has 0 aliphatic heterocycles. The number of ether oxygens (including phenoxy) is 1. The summed E-state index contributed by atoms with van der Waals surface area (Å²) in [4.78, 5) is 12.1. The summed E-state index contributed by atoms with van der Waals surface area (Å²) in [6.07, 6.45) is 0. The highest BCUT2D eigenvalue weighted by Gasteiger charge is 2.09. The van der Waals surface area contributed by atoms with Crippen molar-refractivity contribution in [2.24, 2.45) is 0 Å². The van der Waals surface area contributed by atoms with Gasteiger partial charge in [0.1, 0.15) is 5.75 Å². The first kappa shape index (κ1) is 17.7. The zero-order chi connectivity index (χ0) is 17.6. The molecule has 0 spiro atoms. The molecule has 0 saturated carbocycles. The second-order valence-electron chi connectivity index (χ2n) is 4.95. The summed E-state index contributed by atoms with van der Waals surface area (Å²) in [5.74, 6) is 0.851. The van der Waals surface area contributed by atoms with E-state index >= 15 is 0 Å². The van der Waals surface area contributed by atoms with Crippen molar-refractivity contribution in [2.75, 3.05) is 18.2 Å². The van der Waals surface area contributed by atoms with Gasteiger partial charge < -0.3 is 10.1 Å². The van der Waals surface area contributed by atoms with Crippen LogP contribution in [0.2, 0.25) is 0 Å². The number of aromatic nitrogens is 2. The smallest absolute Gasteiger partial charge is 0.234 e. The number of carbonyl (C=O) groups excluding carboxylic acids is 1. The monoisotopic (exact) mass is 389 g/mol. The molecule has 128 valence electrons. The van der Waals surface area contributed by atoms with E-state index in [1.165, 1.54) is 23.1 Å². The molecule has 1 amide bonds. The molecule has 3 aromatic rings. The number of rotatable bonds is 6. The number of carbonyl (C=O) groups is 1. The zero-order valence-corrected chi connectivity index (χ0v) is 15.8. The maximum absolute atomic E-state index is 12.1. The van der Waals surface area contributed by atoms with Crippen LogP contribution < -0.4 is 10.1 Å². The Balaban J connectivity index is 1.62. The molecule has 0 saturated heterocycles. The molecule has 1 heterocycles. The van der Waals surface area contributed by atoms with E-state index in [0.29, 0.717) is 15.4 Å². The molecule has 1 aromatic heterocycles. The predicted octanol–water partition coefficient (Wildman–Crippen LogP) is 4.40. The van der Waals surface area contributed by atoms with Crippen LogP contribution in [0.4, 0.5) is 5.69 Å². The number of nitrogens with zero attached hydrogens (tertiary/aromatic N) is 2. The molecule has 0 unspecified atom stereocenters. The molecule has 1 N–H and O–H groups in total. The summed E-state index contributed by atoms with van der Waals surface area (Å²) in [5.41, 5.74) is 1.61. The number of anilines is 1. The molecule has 0 aliphatic carbocycles. The maximum Gasteiger partial charge on any atom is 0.234 e. The minimum atomic E-state index is -0.106. The summed E-state index contributed by atoms with van der Waals surface area (Å²) in [6, 6.07) is 16.9. The first-order chi connectivity index (χ1) is 12.2. The number of methoxy groups -OCH3 is 1. The Morgan fingerprint density at radius 3 is 2.84 bits per heavy atom. The third-order valence-corrected chi connectivity index (χ3v) is 5.58. The van der Waals surface area contributed by atoms with Gasteiger partial charge in [-0.1, -0.05) is 47.4 Å². The average molecular weight is 390 g/mol. The van der Waals surface area contributed by atoms with Crippen LogP contribution in [0.25, 0.3) is 5.69 Å². The Bertz CT molecular complexity index is 922. The molecule has 0 fully saturated rings. The van der Waals surface area contributed by atoms with Crippen molar-refractivity contribution >= 4 is 46.9 Å². The van der Waals surface area contributed by atoms with E-state index in [9.17, 15) is 4.79 Å². The van der Waals surface area contributed by atoms with Crippen LogP contribution in [0.15, 0.2) is 58.9 Å². The normalized spacial score (nSPS) is 10.4. The summed E-state index contributed by atoms with van der Waals surface area (Å²) in [6.45, 7) is 0. The fourth-order valence-electron chi connectivity index (χ4n) is 2.08. The van der Waals surface area contributed by atoms with Gasteiger partial charge in [-0.15, -0.1) is 5.10 Å². The Morgan fingerprint density at radius 1 is 1.28 bits per heavy atom. The minimum Gasteiger partial charge on any atom is -0.497 e. The van der Waals surface area contributed by atoms with Crippen molar-refractivity contribution in [1.82, 2.24) is 9.78 Å². The van der Waals surface area contributed by atoms with E-state index in [4.69, 9.17) is 17.0 Å². The number of thioether (sulfide) groups is 1. The number of para-hydroxylation sites is 1. The Labute approximate surface area is 158 Å². The summed E-state index contributed by atoms with van der Waals surface area (Å²) in [5, 5.41) is 7.32. The molecule has 0 aliphatic rings. The van der Waals surface area contributed by atoms with Crippen molar-refractivity contribution < 1.29 is 9.53 Å². The van der Waals surface area contributed by atoms with Gasteiger partial charge >= 0.3 is 0 Å². The topological polar surface area (TPSA) is 56.1 Å². The molecule has 0 radical (unpaired) electrons. The van der Waals surface area contributed by atoms with Gasteiger partial charge in [0.15, 0.2) is 8.29 Å². The SMILES string of the molecule is COc1cccc(NC(=O)CSc2nn(-c3ccccc3)c(=S)s2)c1. The third kappa shape index (κ3) is 4.68. The van der Waals surface area contributed by atoms with Crippen LogP contribution in [0, 0.1) is 3.95 Å². The lowest BCUT2D eigenvalue weighted by atomic mass is 10.3. The maximum atomic E-state index is 12.1. The first-order valence-electron chi connectivity index (χ1n) is 7.38. The summed E-state index contributed by atoms with van der Waals surface area (Å²) in [7, 11) is 1.59. The Morgan fingerprint density at radius 2 is 2.08 bits per heavy atom. The largest absolute Gasteiger partial charge is 0.497 e. The van der Waals surface area contributed by atoms with Crippen molar-refractivity contribution in [3.05, 3.63) is 58.6 Å². The fraction of sp³-hybridized carbons (Fsp3) is 0.118. The highest BCUT2D eigenvalue weighted by atomic mass is 32.2. The van der Waals surface area contributed by atoms with E-state index in [0.717, 1.165) is 10.0 Å². The highest BCUT2D eigenvalue weighted by molar-refractivity contribution is 8.01. The van der Waals surface area contributed by atoms with Gasteiger partial charge in [0.2, 0.25) is 5.91 Å². The lowest BCUT2D eigenvalue weighted by Gasteiger charge is -2.06. The van der Waals surface area contributed by atoms with Crippen LogP contribution in [-0.2, 0) is 4.79 Å². The Kier molecular flexibility index (Phi) is 5.85. The molecule has 0 atom stereocenters. The van der Waals surface area contributed by atoms with Gasteiger partial charge in [-0.25, -0.2) is 4.68 Å². The van der Waals surface area contributed by atoms with E-state index in [1.54, 1.807) is 17.9 Å². The van der Waals surface area contributed by atoms with Crippen LogP contribution in [0.5, 0.6) is 5.75 Å². The van der Waals surface area contributed by atoms with Crippen LogP contribution in [0.3, 0.4) is 0 Å². The minimum absolute atomic E-state index is 0.106. The molecule has 25 heavy (non-hydrogen) atoms. The van der Waals surface area contributed by atoms with Crippen LogP contribution in [0.1, 0.15) is 0 Å². The lowest BCUT2D eigenvalue weighted by Crippen LogP contribution is -2.13. The average Bonchev–Trinajstić information content (AvgIpc) is 3.01. The molecular formula is C17H15N3O2S3. The number of hydrogen-bond acceptors (Lipinski definition) is 6. The number of hydrogen-bond donors (Lipinski definition) is 1. The van der Waals surface area contributed by atoms with Crippen LogP contribution >= 0.6 is 35.3 Å². The quantitative estimate of drug-likeness (QED) is 0.500. The highest BCUT2D eigenvalue weighted by Crippen LogP contribution is 2.24. The van der Waals surface area contributed by atoms with Gasteiger partial charge in [-0.2, -0.15) is 0 Å². The lowest BCUT2D eigenvalue weighted by molar-refractivity contribution is -0.113. The standard InChI is InChI=1S/C17H15N3O2S3/c1-22-14-9-5-6-12(10-14)18-15(21)11-24-16-19-20(17(23)25-16)13-7-3-2-4-8-13/h2-10H,11H2,1H3,(H,18,21). The van der Waals surface area contributed by atoms with E-state index < -0.39 is 0 Å². The Hall–Kier alpha value is -2.16.